The SMILES string of the molecule is S=C(NCc1ccco1)Nc1cccc(Cn2cc(Br)cn2)c1. The van der Waals surface area contributed by atoms with Gasteiger partial charge in [-0.2, -0.15) is 5.10 Å². The van der Waals surface area contributed by atoms with E-state index in [4.69, 9.17) is 16.6 Å². The van der Waals surface area contributed by atoms with Crippen LogP contribution in [0.3, 0.4) is 0 Å². The molecule has 7 heteroatoms. The zero-order valence-electron chi connectivity index (χ0n) is 12.2. The maximum atomic E-state index is 5.30. The number of anilines is 1. The molecule has 2 N–H and O–H groups in total. The first-order valence-electron chi connectivity index (χ1n) is 7.03. The summed E-state index contributed by atoms with van der Waals surface area (Å²) in [7, 11) is 0. The van der Waals surface area contributed by atoms with Crippen LogP contribution >= 0.6 is 28.1 Å². The van der Waals surface area contributed by atoms with Crippen molar-refractivity contribution in [3.8, 4) is 0 Å². The summed E-state index contributed by atoms with van der Waals surface area (Å²) in [6, 6.07) is 11.8. The van der Waals surface area contributed by atoms with E-state index in [2.05, 4.69) is 43.8 Å². The predicted octanol–water partition coefficient (Wildman–Crippen LogP) is 3.77. The Balaban J connectivity index is 1.57. The summed E-state index contributed by atoms with van der Waals surface area (Å²) < 4.78 is 8.10. The van der Waals surface area contributed by atoms with E-state index in [1.54, 1.807) is 12.5 Å². The quantitative estimate of drug-likeness (QED) is 0.649. The number of furan rings is 1. The summed E-state index contributed by atoms with van der Waals surface area (Å²) in [5.41, 5.74) is 2.07. The molecule has 0 atom stereocenters. The number of hydrogen-bond acceptors (Lipinski definition) is 3. The first kappa shape index (κ1) is 15.8. The van der Waals surface area contributed by atoms with Crippen LogP contribution in [-0.2, 0) is 13.1 Å². The zero-order chi connectivity index (χ0) is 16.1. The molecule has 0 saturated carbocycles. The molecule has 0 saturated heterocycles. The minimum atomic E-state index is 0.555. The molecular weight excluding hydrogens is 376 g/mol. The van der Waals surface area contributed by atoms with Gasteiger partial charge in [0.05, 0.1) is 30.0 Å². The second-order valence-corrected chi connectivity index (χ2v) is 6.27. The number of aromatic nitrogens is 2. The third-order valence-electron chi connectivity index (χ3n) is 3.13. The van der Waals surface area contributed by atoms with Crippen molar-refractivity contribution in [1.29, 1.82) is 0 Å². The third kappa shape index (κ3) is 4.67. The van der Waals surface area contributed by atoms with Crippen molar-refractivity contribution >= 4 is 38.9 Å². The molecule has 0 fully saturated rings. The molecule has 0 aliphatic heterocycles. The van der Waals surface area contributed by atoms with Gasteiger partial charge in [-0.15, -0.1) is 0 Å². The number of nitrogens with one attached hydrogen (secondary N) is 2. The molecule has 0 radical (unpaired) electrons. The molecule has 2 heterocycles. The summed E-state index contributed by atoms with van der Waals surface area (Å²) in [5, 5.41) is 11.1. The van der Waals surface area contributed by atoms with E-state index in [9.17, 15) is 0 Å². The van der Waals surface area contributed by atoms with Gasteiger partial charge in [0.2, 0.25) is 0 Å². The van der Waals surface area contributed by atoms with Gasteiger partial charge in [-0.1, -0.05) is 12.1 Å². The molecule has 0 aliphatic rings. The molecule has 23 heavy (non-hydrogen) atoms. The lowest BCUT2D eigenvalue weighted by Gasteiger charge is -2.11. The molecule has 1 aromatic carbocycles. The largest absolute Gasteiger partial charge is 0.467 e. The minimum absolute atomic E-state index is 0.555. The molecule has 0 aliphatic carbocycles. The van der Waals surface area contributed by atoms with Gasteiger partial charge in [0, 0.05) is 11.9 Å². The fourth-order valence-corrected chi connectivity index (χ4v) is 2.63. The first-order valence-corrected chi connectivity index (χ1v) is 8.23. The van der Waals surface area contributed by atoms with Gasteiger partial charge in [0.1, 0.15) is 5.76 Å². The van der Waals surface area contributed by atoms with E-state index in [1.165, 1.54) is 0 Å². The van der Waals surface area contributed by atoms with Crippen molar-refractivity contribution in [3.05, 3.63) is 70.9 Å². The minimum Gasteiger partial charge on any atom is -0.467 e. The van der Waals surface area contributed by atoms with Crippen LogP contribution in [0, 0.1) is 0 Å². The van der Waals surface area contributed by atoms with E-state index >= 15 is 0 Å². The van der Waals surface area contributed by atoms with E-state index in [1.807, 2.05) is 35.1 Å². The standard InChI is InChI=1S/C16H15BrN4OS/c17-13-8-19-21(11-13)10-12-3-1-4-14(7-12)20-16(23)18-9-15-5-2-6-22-15/h1-8,11H,9-10H2,(H2,18,20,23). The predicted molar refractivity (Wildman–Crippen MR) is 97.2 cm³/mol. The average molecular weight is 391 g/mol. The summed E-state index contributed by atoms with van der Waals surface area (Å²) in [5.74, 6) is 0.840. The molecule has 118 valence electrons. The van der Waals surface area contributed by atoms with Gasteiger partial charge in [0.25, 0.3) is 0 Å². The fourth-order valence-electron chi connectivity index (χ4n) is 2.12. The normalized spacial score (nSPS) is 10.5. The van der Waals surface area contributed by atoms with Gasteiger partial charge >= 0.3 is 0 Å². The molecule has 0 bridgehead atoms. The van der Waals surface area contributed by atoms with Crippen LogP contribution in [0.5, 0.6) is 0 Å². The second-order valence-electron chi connectivity index (χ2n) is 4.94. The van der Waals surface area contributed by atoms with E-state index in [0.29, 0.717) is 18.2 Å². The van der Waals surface area contributed by atoms with Gasteiger partial charge in [0.15, 0.2) is 5.11 Å². The Hall–Kier alpha value is -2.12. The van der Waals surface area contributed by atoms with Crippen molar-refractivity contribution in [2.45, 2.75) is 13.1 Å². The van der Waals surface area contributed by atoms with Gasteiger partial charge in [-0.3, -0.25) is 4.68 Å². The van der Waals surface area contributed by atoms with E-state index < -0.39 is 0 Å². The lowest BCUT2D eigenvalue weighted by Crippen LogP contribution is -2.27. The van der Waals surface area contributed by atoms with E-state index in [0.717, 1.165) is 21.5 Å². The molecule has 0 unspecified atom stereocenters. The van der Waals surface area contributed by atoms with Crippen molar-refractivity contribution in [2.75, 3.05) is 5.32 Å². The summed E-state index contributed by atoms with van der Waals surface area (Å²) >= 11 is 8.70. The Bertz CT molecular complexity index is 785. The number of hydrogen-bond donors (Lipinski definition) is 2. The Kier molecular flexibility index (Phi) is 5.09. The van der Waals surface area contributed by atoms with Crippen molar-refractivity contribution in [1.82, 2.24) is 15.1 Å². The number of halogens is 1. The molecule has 0 amide bonds. The second kappa shape index (κ2) is 7.43. The average Bonchev–Trinajstić information content (AvgIpc) is 3.17. The van der Waals surface area contributed by atoms with Gasteiger partial charge < -0.3 is 15.1 Å². The summed E-state index contributed by atoms with van der Waals surface area (Å²) in [4.78, 5) is 0. The van der Waals surface area contributed by atoms with Crippen molar-refractivity contribution in [3.63, 3.8) is 0 Å². The lowest BCUT2D eigenvalue weighted by atomic mass is 10.2. The number of benzene rings is 1. The lowest BCUT2D eigenvalue weighted by molar-refractivity contribution is 0.503. The highest BCUT2D eigenvalue weighted by Crippen LogP contribution is 2.13. The molecule has 2 aromatic heterocycles. The molecule has 0 spiro atoms. The highest BCUT2D eigenvalue weighted by atomic mass is 79.9. The molecule has 5 nitrogen and oxygen atoms in total. The van der Waals surface area contributed by atoms with Crippen LogP contribution in [0.2, 0.25) is 0 Å². The Labute approximate surface area is 147 Å². The summed E-state index contributed by atoms with van der Waals surface area (Å²) in [6.07, 6.45) is 5.36. The highest BCUT2D eigenvalue weighted by Gasteiger charge is 2.02. The monoisotopic (exact) mass is 390 g/mol. The van der Waals surface area contributed by atoms with Gasteiger partial charge in [-0.25, -0.2) is 0 Å². The van der Waals surface area contributed by atoms with Crippen LogP contribution in [0.4, 0.5) is 5.69 Å². The molecule has 3 aromatic rings. The Morgan fingerprint density at radius 2 is 2.22 bits per heavy atom. The van der Waals surface area contributed by atoms with Crippen LogP contribution < -0.4 is 10.6 Å². The van der Waals surface area contributed by atoms with Crippen LogP contribution in [-0.4, -0.2) is 14.9 Å². The number of nitrogens with zero attached hydrogens (tertiary/aromatic N) is 2. The third-order valence-corrected chi connectivity index (χ3v) is 3.79. The number of thiocarbonyl (C=S) groups is 1. The van der Waals surface area contributed by atoms with Crippen molar-refractivity contribution < 1.29 is 4.42 Å². The maximum Gasteiger partial charge on any atom is 0.171 e. The Morgan fingerprint density at radius 1 is 1.30 bits per heavy atom. The summed E-state index contributed by atoms with van der Waals surface area (Å²) in [6.45, 7) is 1.26. The first-order chi connectivity index (χ1) is 11.2. The smallest absolute Gasteiger partial charge is 0.171 e. The topological polar surface area (TPSA) is 55.0 Å². The van der Waals surface area contributed by atoms with Crippen LogP contribution in [0.15, 0.2) is 63.9 Å². The van der Waals surface area contributed by atoms with Crippen LogP contribution in [0.25, 0.3) is 0 Å². The van der Waals surface area contributed by atoms with Crippen LogP contribution in [0.1, 0.15) is 11.3 Å². The fraction of sp³-hybridized carbons (Fsp3) is 0.125. The number of rotatable bonds is 5. The van der Waals surface area contributed by atoms with Crippen molar-refractivity contribution in [2.24, 2.45) is 0 Å². The molecular formula is C16H15BrN4OS. The van der Waals surface area contributed by atoms with E-state index in [-0.39, 0.29) is 0 Å². The highest BCUT2D eigenvalue weighted by molar-refractivity contribution is 9.10. The van der Waals surface area contributed by atoms with Gasteiger partial charge in [-0.05, 0) is 58.0 Å². The maximum absolute atomic E-state index is 5.30. The zero-order valence-corrected chi connectivity index (χ0v) is 14.6. The molecule has 3 rings (SSSR count). The Morgan fingerprint density at radius 3 is 2.96 bits per heavy atom.